The van der Waals surface area contributed by atoms with E-state index in [-0.39, 0.29) is 5.56 Å². The lowest BCUT2D eigenvalue weighted by molar-refractivity contribution is 0.0696. The summed E-state index contributed by atoms with van der Waals surface area (Å²) in [4.78, 5) is 14.6. The van der Waals surface area contributed by atoms with E-state index < -0.39 is 16.8 Å². The van der Waals surface area contributed by atoms with Crippen molar-refractivity contribution >= 4 is 16.8 Å². The van der Waals surface area contributed by atoms with Gasteiger partial charge in [-0.1, -0.05) is 0 Å². The standard InChI is InChI=1S/C11H15NO4S/c1-16-5-2-6-17(15)8-10-4-3-9(7-12-10)11(13)14/h3-4,7H,2,5-6,8H2,1H3,(H,13,14). The van der Waals surface area contributed by atoms with Gasteiger partial charge in [0.25, 0.3) is 0 Å². The highest BCUT2D eigenvalue weighted by Gasteiger charge is 2.06. The van der Waals surface area contributed by atoms with Gasteiger partial charge in [-0.25, -0.2) is 4.79 Å². The van der Waals surface area contributed by atoms with Gasteiger partial charge in [0.2, 0.25) is 0 Å². The molecule has 0 saturated heterocycles. The molecule has 1 heterocycles. The average molecular weight is 257 g/mol. The number of carboxylic acid groups (broad SMARTS) is 1. The Morgan fingerprint density at radius 1 is 1.53 bits per heavy atom. The van der Waals surface area contributed by atoms with Gasteiger partial charge in [-0.15, -0.1) is 0 Å². The Labute approximate surface area is 102 Å². The van der Waals surface area contributed by atoms with Crippen molar-refractivity contribution in [1.82, 2.24) is 4.98 Å². The molecule has 0 amide bonds. The molecule has 1 unspecified atom stereocenters. The third-order valence-electron chi connectivity index (χ3n) is 2.10. The van der Waals surface area contributed by atoms with Gasteiger partial charge in [-0.05, 0) is 18.6 Å². The third-order valence-corrected chi connectivity index (χ3v) is 3.46. The summed E-state index contributed by atoms with van der Waals surface area (Å²) < 4.78 is 16.5. The molecule has 0 saturated carbocycles. The van der Waals surface area contributed by atoms with E-state index in [1.54, 1.807) is 13.2 Å². The van der Waals surface area contributed by atoms with Crippen LogP contribution in [0.1, 0.15) is 22.5 Å². The van der Waals surface area contributed by atoms with Crippen molar-refractivity contribution < 1.29 is 18.8 Å². The predicted molar refractivity (Wildman–Crippen MR) is 64.4 cm³/mol. The number of carboxylic acids is 1. The predicted octanol–water partition coefficient (Wildman–Crippen LogP) is 1.07. The molecule has 0 bridgehead atoms. The molecule has 6 heteroatoms. The highest BCUT2D eigenvalue weighted by atomic mass is 32.2. The minimum absolute atomic E-state index is 0.138. The summed E-state index contributed by atoms with van der Waals surface area (Å²) in [5.74, 6) is -0.0925. The van der Waals surface area contributed by atoms with Crippen LogP contribution in [-0.4, -0.2) is 39.7 Å². The van der Waals surface area contributed by atoms with Crippen LogP contribution in [0, 0.1) is 0 Å². The molecule has 0 aromatic carbocycles. The fourth-order valence-electron chi connectivity index (χ4n) is 1.24. The average Bonchev–Trinajstić information content (AvgIpc) is 2.30. The normalized spacial score (nSPS) is 12.3. The molecule has 0 aliphatic heterocycles. The van der Waals surface area contributed by atoms with Crippen LogP contribution < -0.4 is 0 Å². The number of rotatable bonds is 7. The van der Waals surface area contributed by atoms with Gasteiger partial charge >= 0.3 is 5.97 Å². The summed E-state index contributed by atoms with van der Waals surface area (Å²) in [5.41, 5.74) is 0.782. The molecule has 0 aliphatic rings. The zero-order valence-electron chi connectivity index (χ0n) is 9.59. The molecular formula is C11H15NO4S. The minimum Gasteiger partial charge on any atom is -0.478 e. The van der Waals surface area contributed by atoms with E-state index in [1.165, 1.54) is 12.3 Å². The monoisotopic (exact) mass is 257 g/mol. The molecule has 0 radical (unpaired) electrons. The maximum atomic E-state index is 11.6. The topological polar surface area (TPSA) is 76.5 Å². The molecular weight excluding hydrogens is 242 g/mol. The second-order valence-electron chi connectivity index (χ2n) is 3.48. The van der Waals surface area contributed by atoms with Crippen molar-refractivity contribution in [2.24, 2.45) is 0 Å². The van der Waals surface area contributed by atoms with E-state index in [2.05, 4.69) is 4.98 Å². The SMILES string of the molecule is COCCCS(=O)Cc1ccc(C(=O)O)cn1. The van der Waals surface area contributed by atoms with E-state index in [9.17, 15) is 9.00 Å². The molecule has 0 fully saturated rings. The molecule has 94 valence electrons. The second-order valence-corrected chi connectivity index (χ2v) is 5.05. The second kappa shape index (κ2) is 7.13. The molecule has 17 heavy (non-hydrogen) atoms. The third kappa shape index (κ3) is 5.06. The quantitative estimate of drug-likeness (QED) is 0.739. The van der Waals surface area contributed by atoms with Gasteiger partial charge in [0.05, 0.1) is 17.0 Å². The number of hydrogen-bond donors (Lipinski definition) is 1. The van der Waals surface area contributed by atoms with Crippen LogP contribution in [0.2, 0.25) is 0 Å². The minimum atomic E-state index is -1.01. The number of aromatic carboxylic acids is 1. The van der Waals surface area contributed by atoms with Crippen LogP contribution in [0.3, 0.4) is 0 Å². The van der Waals surface area contributed by atoms with Crippen LogP contribution in [-0.2, 0) is 21.3 Å². The van der Waals surface area contributed by atoms with Crippen LogP contribution in [0.4, 0.5) is 0 Å². The number of carbonyl (C=O) groups is 1. The highest BCUT2D eigenvalue weighted by Crippen LogP contribution is 2.04. The van der Waals surface area contributed by atoms with Crippen molar-refractivity contribution in [1.29, 1.82) is 0 Å². The van der Waals surface area contributed by atoms with Crippen molar-refractivity contribution in [2.75, 3.05) is 19.5 Å². The van der Waals surface area contributed by atoms with Crippen LogP contribution in [0.15, 0.2) is 18.3 Å². The van der Waals surface area contributed by atoms with Crippen molar-refractivity contribution in [3.63, 3.8) is 0 Å². The summed E-state index contributed by atoms with van der Waals surface area (Å²) in [5, 5.41) is 8.69. The highest BCUT2D eigenvalue weighted by molar-refractivity contribution is 7.84. The van der Waals surface area contributed by atoms with Crippen LogP contribution >= 0.6 is 0 Å². The lowest BCUT2D eigenvalue weighted by atomic mass is 10.2. The Morgan fingerprint density at radius 3 is 2.82 bits per heavy atom. The molecule has 1 aromatic rings. The Kier molecular flexibility index (Phi) is 5.79. The van der Waals surface area contributed by atoms with E-state index in [1.807, 2.05) is 0 Å². The fraction of sp³-hybridized carbons (Fsp3) is 0.455. The molecule has 0 aliphatic carbocycles. The zero-order chi connectivity index (χ0) is 12.7. The number of methoxy groups -OCH3 is 1. The summed E-state index contributed by atoms with van der Waals surface area (Å²) in [6.07, 6.45) is 2.03. The zero-order valence-corrected chi connectivity index (χ0v) is 10.4. The largest absolute Gasteiger partial charge is 0.478 e. The summed E-state index contributed by atoms with van der Waals surface area (Å²) in [6, 6.07) is 3.06. The van der Waals surface area contributed by atoms with Gasteiger partial charge in [0.1, 0.15) is 0 Å². The van der Waals surface area contributed by atoms with Crippen molar-refractivity contribution in [2.45, 2.75) is 12.2 Å². The first-order chi connectivity index (χ1) is 8.13. The maximum Gasteiger partial charge on any atom is 0.337 e. The van der Waals surface area contributed by atoms with Gasteiger partial charge in [0, 0.05) is 36.5 Å². The lowest BCUT2D eigenvalue weighted by Gasteiger charge is -2.02. The fourth-order valence-corrected chi connectivity index (χ4v) is 2.32. The molecule has 5 nitrogen and oxygen atoms in total. The number of ether oxygens (including phenoxy) is 1. The Morgan fingerprint density at radius 2 is 2.29 bits per heavy atom. The summed E-state index contributed by atoms with van der Waals surface area (Å²) in [7, 11) is 0.627. The Balaban J connectivity index is 2.46. The Hall–Kier alpha value is -1.27. The van der Waals surface area contributed by atoms with Gasteiger partial charge in [-0.2, -0.15) is 0 Å². The Bertz CT molecular complexity index is 391. The van der Waals surface area contributed by atoms with Gasteiger partial charge < -0.3 is 9.84 Å². The first kappa shape index (κ1) is 13.8. The first-order valence-electron chi connectivity index (χ1n) is 5.15. The van der Waals surface area contributed by atoms with Crippen molar-refractivity contribution in [3.8, 4) is 0 Å². The molecule has 1 N–H and O–H groups in total. The van der Waals surface area contributed by atoms with Crippen LogP contribution in [0.5, 0.6) is 0 Å². The smallest absolute Gasteiger partial charge is 0.337 e. The van der Waals surface area contributed by atoms with Gasteiger partial charge in [0.15, 0.2) is 0 Å². The van der Waals surface area contributed by atoms with Gasteiger partial charge in [-0.3, -0.25) is 9.19 Å². The molecule has 1 atom stereocenters. The van der Waals surface area contributed by atoms with Crippen molar-refractivity contribution in [3.05, 3.63) is 29.6 Å². The first-order valence-corrected chi connectivity index (χ1v) is 6.64. The molecule has 1 rings (SSSR count). The number of hydrogen-bond acceptors (Lipinski definition) is 4. The van der Waals surface area contributed by atoms with Crippen LogP contribution in [0.25, 0.3) is 0 Å². The summed E-state index contributed by atoms with van der Waals surface area (Å²) in [6.45, 7) is 0.594. The number of pyridine rings is 1. The van der Waals surface area contributed by atoms with E-state index in [4.69, 9.17) is 9.84 Å². The lowest BCUT2D eigenvalue weighted by Crippen LogP contribution is -2.06. The number of nitrogens with zero attached hydrogens (tertiary/aromatic N) is 1. The maximum absolute atomic E-state index is 11.6. The number of aromatic nitrogens is 1. The molecule has 0 spiro atoms. The summed E-state index contributed by atoms with van der Waals surface area (Å²) >= 11 is 0. The van der Waals surface area contributed by atoms with E-state index in [0.717, 1.165) is 6.42 Å². The molecule has 1 aromatic heterocycles. The van der Waals surface area contributed by atoms with E-state index in [0.29, 0.717) is 23.8 Å². The van der Waals surface area contributed by atoms with E-state index >= 15 is 0 Å².